The third-order valence-electron chi connectivity index (χ3n) is 3.77. The van der Waals surface area contributed by atoms with Crippen molar-refractivity contribution in [3.63, 3.8) is 0 Å². The molecular weight excluding hydrogens is 252 g/mol. The number of phenols is 1. The minimum atomic E-state index is 0.218. The van der Waals surface area contributed by atoms with E-state index in [9.17, 15) is 5.11 Å². The third-order valence-corrected chi connectivity index (χ3v) is 3.77. The molecule has 0 saturated carbocycles. The smallest absolute Gasteiger partial charge is 0.161 e. The predicted octanol–water partition coefficient (Wildman–Crippen LogP) is 2.32. The molecule has 0 atom stereocenters. The van der Waals surface area contributed by atoms with Crippen LogP contribution in [0.15, 0.2) is 18.2 Å². The lowest BCUT2D eigenvalue weighted by atomic mass is 10.2. The number of aromatic hydroxyl groups is 1. The van der Waals surface area contributed by atoms with Crippen molar-refractivity contribution in [2.75, 3.05) is 39.8 Å². The number of hydrogen-bond donors (Lipinski definition) is 1. The molecule has 1 aliphatic heterocycles. The van der Waals surface area contributed by atoms with Gasteiger partial charge in [0, 0.05) is 19.6 Å². The zero-order chi connectivity index (χ0) is 14.4. The maximum absolute atomic E-state index is 9.70. The van der Waals surface area contributed by atoms with Crippen LogP contribution in [0.5, 0.6) is 11.5 Å². The highest BCUT2D eigenvalue weighted by atomic mass is 16.5. The van der Waals surface area contributed by atoms with Crippen molar-refractivity contribution in [1.29, 1.82) is 0 Å². The number of ether oxygens (including phenoxy) is 1. The molecule has 0 aliphatic carbocycles. The first kappa shape index (κ1) is 15.1. The number of hydrogen-bond acceptors (Lipinski definition) is 4. The van der Waals surface area contributed by atoms with Gasteiger partial charge < -0.3 is 19.6 Å². The van der Waals surface area contributed by atoms with Crippen LogP contribution in [0.4, 0.5) is 0 Å². The van der Waals surface area contributed by atoms with Crippen LogP contribution in [-0.2, 0) is 6.54 Å². The second kappa shape index (κ2) is 7.50. The van der Waals surface area contributed by atoms with Crippen molar-refractivity contribution < 1.29 is 9.84 Å². The SMILES string of the molecule is CCOc1cc(CN(C)CCN2CCCC2)ccc1O. The summed E-state index contributed by atoms with van der Waals surface area (Å²) in [5.41, 5.74) is 1.18. The number of phenolic OH excluding ortho intramolecular Hbond substituents is 1. The highest BCUT2D eigenvalue weighted by Gasteiger charge is 2.12. The molecule has 1 aromatic rings. The molecule has 0 radical (unpaired) electrons. The van der Waals surface area contributed by atoms with E-state index in [-0.39, 0.29) is 5.75 Å². The Kier molecular flexibility index (Phi) is 5.68. The Labute approximate surface area is 122 Å². The molecule has 0 unspecified atom stereocenters. The second-order valence-electron chi connectivity index (χ2n) is 5.52. The first-order chi connectivity index (χ1) is 9.69. The van der Waals surface area contributed by atoms with Gasteiger partial charge in [-0.25, -0.2) is 0 Å². The molecular formula is C16H26N2O2. The first-order valence-electron chi connectivity index (χ1n) is 7.54. The Morgan fingerprint density at radius 1 is 1.30 bits per heavy atom. The summed E-state index contributed by atoms with van der Waals surface area (Å²) in [5, 5.41) is 9.70. The summed E-state index contributed by atoms with van der Waals surface area (Å²) in [6.45, 7) is 8.10. The molecule has 1 aliphatic rings. The summed E-state index contributed by atoms with van der Waals surface area (Å²) >= 11 is 0. The fourth-order valence-electron chi connectivity index (χ4n) is 2.64. The topological polar surface area (TPSA) is 35.9 Å². The van der Waals surface area contributed by atoms with Crippen LogP contribution in [-0.4, -0.2) is 54.7 Å². The van der Waals surface area contributed by atoms with E-state index >= 15 is 0 Å². The Morgan fingerprint density at radius 3 is 2.75 bits per heavy atom. The summed E-state index contributed by atoms with van der Waals surface area (Å²) < 4.78 is 5.42. The van der Waals surface area contributed by atoms with Crippen molar-refractivity contribution in [2.45, 2.75) is 26.3 Å². The van der Waals surface area contributed by atoms with Crippen LogP contribution in [0.3, 0.4) is 0 Å². The Bertz CT molecular complexity index is 417. The molecule has 1 fully saturated rings. The molecule has 1 aromatic carbocycles. The quantitative estimate of drug-likeness (QED) is 0.830. The molecule has 0 bridgehead atoms. The van der Waals surface area contributed by atoms with E-state index in [1.165, 1.54) is 31.5 Å². The van der Waals surface area contributed by atoms with Crippen molar-refractivity contribution in [2.24, 2.45) is 0 Å². The Hall–Kier alpha value is -1.26. The number of benzene rings is 1. The maximum Gasteiger partial charge on any atom is 0.161 e. The molecule has 1 heterocycles. The zero-order valence-electron chi connectivity index (χ0n) is 12.6. The summed E-state index contributed by atoms with van der Waals surface area (Å²) in [5.74, 6) is 0.799. The van der Waals surface area contributed by atoms with Gasteiger partial charge in [0.1, 0.15) is 0 Å². The van der Waals surface area contributed by atoms with Gasteiger partial charge in [0.25, 0.3) is 0 Å². The molecule has 1 N–H and O–H groups in total. The highest BCUT2D eigenvalue weighted by molar-refractivity contribution is 5.41. The van der Waals surface area contributed by atoms with Gasteiger partial charge in [-0.05, 0) is 57.6 Å². The fraction of sp³-hybridized carbons (Fsp3) is 0.625. The lowest BCUT2D eigenvalue weighted by Gasteiger charge is -2.21. The zero-order valence-corrected chi connectivity index (χ0v) is 12.6. The van der Waals surface area contributed by atoms with Crippen LogP contribution >= 0.6 is 0 Å². The third kappa shape index (κ3) is 4.39. The van der Waals surface area contributed by atoms with E-state index in [1.54, 1.807) is 6.07 Å². The van der Waals surface area contributed by atoms with Gasteiger partial charge in [0.15, 0.2) is 11.5 Å². The normalized spacial score (nSPS) is 15.9. The fourth-order valence-corrected chi connectivity index (χ4v) is 2.64. The lowest BCUT2D eigenvalue weighted by molar-refractivity contribution is 0.252. The minimum Gasteiger partial charge on any atom is -0.504 e. The summed E-state index contributed by atoms with van der Waals surface area (Å²) in [6.07, 6.45) is 2.69. The average Bonchev–Trinajstić information content (AvgIpc) is 2.94. The molecule has 20 heavy (non-hydrogen) atoms. The maximum atomic E-state index is 9.70. The molecule has 0 amide bonds. The van der Waals surface area contributed by atoms with Crippen LogP contribution in [0, 0.1) is 0 Å². The van der Waals surface area contributed by atoms with Crippen LogP contribution in [0.25, 0.3) is 0 Å². The molecule has 0 spiro atoms. The molecule has 1 saturated heterocycles. The number of likely N-dealkylation sites (tertiary alicyclic amines) is 1. The monoisotopic (exact) mass is 278 g/mol. The predicted molar refractivity (Wildman–Crippen MR) is 81.3 cm³/mol. The van der Waals surface area contributed by atoms with Crippen molar-refractivity contribution in [3.05, 3.63) is 23.8 Å². The minimum absolute atomic E-state index is 0.218. The summed E-state index contributed by atoms with van der Waals surface area (Å²) in [6, 6.07) is 5.62. The van der Waals surface area contributed by atoms with Crippen LogP contribution in [0.2, 0.25) is 0 Å². The van der Waals surface area contributed by atoms with Crippen LogP contribution < -0.4 is 4.74 Å². The summed E-state index contributed by atoms with van der Waals surface area (Å²) in [4.78, 5) is 4.85. The Morgan fingerprint density at radius 2 is 2.05 bits per heavy atom. The molecule has 4 nitrogen and oxygen atoms in total. The summed E-state index contributed by atoms with van der Waals surface area (Å²) in [7, 11) is 2.14. The van der Waals surface area contributed by atoms with Crippen molar-refractivity contribution in [1.82, 2.24) is 9.80 Å². The molecule has 2 rings (SSSR count). The lowest BCUT2D eigenvalue weighted by Crippen LogP contribution is -2.31. The molecule has 4 heteroatoms. The van der Waals surface area contributed by atoms with Gasteiger partial charge in [0.05, 0.1) is 6.61 Å². The molecule has 112 valence electrons. The van der Waals surface area contributed by atoms with E-state index in [2.05, 4.69) is 16.8 Å². The van der Waals surface area contributed by atoms with Gasteiger partial charge >= 0.3 is 0 Å². The number of rotatable bonds is 7. The Balaban J connectivity index is 1.83. The standard InChI is InChI=1S/C16H26N2O2/c1-3-20-16-12-14(6-7-15(16)19)13-17(2)10-11-18-8-4-5-9-18/h6-7,12,19H,3-5,8-11,13H2,1-2H3. The second-order valence-corrected chi connectivity index (χ2v) is 5.52. The average molecular weight is 278 g/mol. The largest absolute Gasteiger partial charge is 0.504 e. The first-order valence-corrected chi connectivity index (χ1v) is 7.54. The van der Waals surface area contributed by atoms with Crippen molar-refractivity contribution >= 4 is 0 Å². The van der Waals surface area contributed by atoms with Gasteiger partial charge in [0.2, 0.25) is 0 Å². The van der Waals surface area contributed by atoms with Crippen molar-refractivity contribution in [3.8, 4) is 11.5 Å². The highest BCUT2D eigenvalue weighted by Crippen LogP contribution is 2.27. The van der Waals surface area contributed by atoms with E-state index in [4.69, 9.17) is 4.74 Å². The number of likely N-dealkylation sites (N-methyl/N-ethyl adjacent to an activating group) is 1. The van der Waals surface area contributed by atoms with E-state index < -0.39 is 0 Å². The van der Waals surface area contributed by atoms with E-state index in [1.807, 2.05) is 19.1 Å². The van der Waals surface area contributed by atoms with Gasteiger partial charge in [-0.2, -0.15) is 0 Å². The van der Waals surface area contributed by atoms with Crippen LogP contribution in [0.1, 0.15) is 25.3 Å². The van der Waals surface area contributed by atoms with Gasteiger partial charge in [-0.1, -0.05) is 6.07 Å². The van der Waals surface area contributed by atoms with Gasteiger partial charge in [-0.15, -0.1) is 0 Å². The van der Waals surface area contributed by atoms with Gasteiger partial charge in [-0.3, -0.25) is 0 Å². The van der Waals surface area contributed by atoms with E-state index in [0.717, 1.165) is 19.6 Å². The molecule has 0 aromatic heterocycles. The van der Waals surface area contributed by atoms with E-state index in [0.29, 0.717) is 12.4 Å². The number of nitrogens with zero attached hydrogens (tertiary/aromatic N) is 2.